The number of hydrogen-bond acceptors (Lipinski definition) is 4. The van der Waals surface area contributed by atoms with Gasteiger partial charge in [0, 0.05) is 50.0 Å². The highest BCUT2D eigenvalue weighted by Crippen LogP contribution is 2.35. The van der Waals surface area contributed by atoms with E-state index in [0.29, 0.717) is 51.0 Å². The van der Waals surface area contributed by atoms with E-state index in [1.54, 1.807) is 34.1 Å². The number of piperidine rings is 2. The summed E-state index contributed by atoms with van der Waals surface area (Å²) < 4.78 is 41.6. The summed E-state index contributed by atoms with van der Waals surface area (Å²) in [4.78, 5) is 29.8. The average Bonchev–Trinajstić information content (AvgIpc) is 2.88. The molecule has 0 saturated carbocycles. The van der Waals surface area contributed by atoms with Crippen LogP contribution in [0.1, 0.15) is 47.5 Å². The van der Waals surface area contributed by atoms with Gasteiger partial charge in [-0.15, -0.1) is 13.2 Å². The molecule has 2 amide bonds. The van der Waals surface area contributed by atoms with Gasteiger partial charge in [-0.1, -0.05) is 42.5 Å². The maximum atomic E-state index is 13.4. The van der Waals surface area contributed by atoms with Crippen LogP contribution in [0.5, 0.6) is 5.75 Å². The SMILES string of the molecule is N#CC1CCN(C(=O)N2CC(CC(=O)c3ccccc3)CC(c3ccc(OC(F)(F)F)cc3)C2)CC1. The van der Waals surface area contributed by atoms with Gasteiger partial charge in [0.25, 0.3) is 0 Å². The van der Waals surface area contributed by atoms with Crippen LogP contribution in [0, 0.1) is 23.2 Å². The Labute approximate surface area is 208 Å². The van der Waals surface area contributed by atoms with Crippen molar-refractivity contribution in [3.8, 4) is 11.8 Å². The Hall–Kier alpha value is -3.54. The molecule has 9 heteroatoms. The van der Waals surface area contributed by atoms with Gasteiger partial charge in [0.15, 0.2) is 5.78 Å². The van der Waals surface area contributed by atoms with Crippen molar-refractivity contribution in [1.29, 1.82) is 5.26 Å². The molecule has 0 aliphatic carbocycles. The number of ketones is 1. The Balaban J connectivity index is 1.50. The number of nitrogens with zero attached hydrogens (tertiary/aromatic N) is 3. The first-order chi connectivity index (χ1) is 17.2. The third kappa shape index (κ3) is 6.56. The second-order valence-electron chi connectivity index (χ2n) is 9.49. The number of benzene rings is 2. The zero-order valence-corrected chi connectivity index (χ0v) is 19.8. The number of ether oxygens (including phenoxy) is 1. The van der Waals surface area contributed by atoms with Crippen molar-refractivity contribution in [2.24, 2.45) is 11.8 Å². The molecule has 2 atom stereocenters. The molecular weight excluding hydrogens is 471 g/mol. The van der Waals surface area contributed by atoms with Crippen molar-refractivity contribution < 1.29 is 27.5 Å². The lowest BCUT2D eigenvalue weighted by Gasteiger charge is -2.41. The van der Waals surface area contributed by atoms with Crippen LogP contribution in [0.3, 0.4) is 0 Å². The smallest absolute Gasteiger partial charge is 0.406 e. The van der Waals surface area contributed by atoms with Crippen molar-refractivity contribution in [1.82, 2.24) is 9.80 Å². The molecule has 4 rings (SSSR count). The highest BCUT2D eigenvalue weighted by Gasteiger charge is 2.35. The maximum absolute atomic E-state index is 13.4. The molecule has 2 unspecified atom stereocenters. The van der Waals surface area contributed by atoms with Gasteiger partial charge < -0.3 is 14.5 Å². The van der Waals surface area contributed by atoms with Crippen LogP contribution in [-0.2, 0) is 0 Å². The van der Waals surface area contributed by atoms with Crippen LogP contribution in [0.15, 0.2) is 54.6 Å². The number of Topliss-reactive ketones (excluding diaryl/α,β-unsaturated/α-hetero) is 1. The van der Waals surface area contributed by atoms with Gasteiger partial charge in [0.05, 0.1) is 6.07 Å². The number of nitriles is 1. The van der Waals surface area contributed by atoms with Crippen LogP contribution < -0.4 is 4.74 Å². The summed E-state index contributed by atoms with van der Waals surface area (Å²) in [6, 6.07) is 16.9. The van der Waals surface area contributed by atoms with Crippen LogP contribution in [0.25, 0.3) is 0 Å². The van der Waals surface area contributed by atoms with Crippen molar-refractivity contribution >= 4 is 11.8 Å². The molecule has 2 heterocycles. The molecular formula is C27H28F3N3O3. The Kier molecular flexibility index (Phi) is 7.82. The predicted octanol–water partition coefficient (Wildman–Crippen LogP) is 5.62. The molecule has 36 heavy (non-hydrogen) atoms. The number of hydrogen-bond donors (Lipinski definition) is 0. The normalized spacial score (nSPS) is 21.1. The first-order valence-electron chi connectivity index (χ1n) is 12.1. The summed E-state index contributed by atoms with van der Waals surface area (Å²) in [5.41, 5.74) is 1.41. The van der Waals surface area contributed by atoms with Crippen LogP contribution in [0.4, 0.5) is 18.0 Å². The Morgan fingerprint density at radius 3 is 2.25 bits per heavy atom. The molecule has 2 saturated heterocycles. The average molecular weight is 500 g/mol. The second-order valence-corrected chi connectivity index (χ2v) is 9.49. The number of rotatable bonds is 5. The molecule has 2 aliphatic rings. The molecule has 0 bridgehead atoms. The molecule has 0 N–H and O–H groups in total. The van der Waals surface area contributed by atoms with Gasteiger partial charge in [-0.25, -0.2) is 4.79 Å². The largest absolute Gasteiger partial charge is 0.573 e. The first kappa shape index (κ1) is 25.5. The second kappa shape index (κ2) is 11.0. The summed E-state index contributed by atoms with van der Waals surface area (Å²) in [6.07, 6.45) is -2.59. The van der Waals surface area contributed by atoms with Gasteiger partial charge in [0.2, 0.25) is 0 Å². The fourth-order valence-corrected chi connectivity index (χ4v) is 5.09. The predicted molar refractivity (Wildman–Crippen MR) is 126 cm³/mol. The molecule has 2 aromatic rings. The van der Waals surface area contributed by atoms with E-state index < -0.39 is 6.36 Å². The Morgan fingerprint density at radius 2 is 1.64 bits per heavy atom. The van der Waals surface area contributed by atoms with Crippen molar-refractivity contribution in [2.75, 3.05) is 26.2 Å². The lowest BCUT2D eigenvalue weighted by molar-refractivity contribution is -0.274. The molecule has 6 nitrogen and oxygen atoms in total. The number of alkyl halides is 3. The zero-order chi connectivity index (χ0) is 25.7. The molecule has 2 aliphatic heterocycles. The zero-order valence-electron chi connectivity index (χ0n) is 19.8. The third-order valence-corrected chi connectivity index (χ3v) is 6.91. The Morgan fingerprint density at radius 1 is 0.972 bits per heavy atom. The number of carbonyl (C=O) groups excluding carboxylic acids is 2. The molecule has 2 aromatic carbocycles. The molecule has 0 radical (unpaired) electrons. The van der Waals surface area contributed by atoms with E-state index in [0.717, 1.165) is 5.56 Å². The highest BCUT2D eigenvalue weighted by molar-refractivity contribution is 5.96. The third-order valence-electron chi connectivity index (χ3n) is 6.91. The lowest BCUT2D eigenvalue weighted by Crippen LogP contribution is -2.51. The van der Waals surface area contributed by atoms with E-state index in [4.69, 9.17) is 5.26 Å². The number of likely N-dealkylation sites (tertiary alicyclic amines) is 2. The quantitative estimate of drug-likeness (QED) is 0.501. The lowest BCUT2D eigenvalue weighted by atomic mass is 9.81. The van der Waals surface area contributed by atoms with E-state index >= 15 is 0 Å². The number of urea groups is 1. The molecule has 190 valence electrons. The molecule has 2 fully saturated rings. The molecule has 0 aromatic heterocycles. The van der Waals surface area contributed by atoms with Crippen LogP contribution >= 0.6 is 0 Å². The van der Waals surface area contributed by atoms with Crippen molar-refractivity contribution in [2.45, 2.75) is 38.0 Å². The van der Waals surface area contributed by atoms with E-state index in [2.05, 4.69) is 10.8 Å². The van der Waals surface area contributed by atoms with Gasteiger partial charge in [-0.05, 0) is 42.9 Å². The first-order valence-corrected chi connectivity index (χ1v) is 12.1. The topological polar surface area (TPSA) is 73.6 Å². The van der Waals surface area contributed by atoms with Crippen LogP contribution in [-0.4, -0.2) is 54.2 Å². The summed E-state index contributed by atoms with van der Waals surface area (Å²) in [6.45, 7) is 1.86. The van der Waals surface area contributed by atoms with Crippen molar-refractivity contribution in [3.05, 3.63) is 65.7 Å². The maximum Gasteiger partial charge on any atom is 0.573 e. The number of carbonyl (C=O) groups is 2. The standard InChI is InChI=1S/C27H28F3N3O3/c28-27(29,30)36-24-8-6-21(7-9-24)23-14-20(15-25(34)22-4-2-1-3-5-22)17-33(18-23)26(35)32-12-10-19(16-31)11-13-32/h1-9,19-20,23H,10-15,17-18H2. The van der Waals surface area contributed by atoms with E-state index in [9.17, 15) is 22.8 Å². The van der Waals surface area contributed by atoms with E-state index in [-0.39, 0.29) is 41.7 Å². The minimum Gasteiger partial charge on any atom is -0.406 e. The van der Waals surface area contributed by atoms with Crippen LogP contribution in [0.2, 0.25) is 0 Å². The monoisotopic (exact) mass is 499 g/mol. The number of amides is 2. The summed E-state index contributed by atoms with van der Waals surface area (Å²) in [5, 5.41) is 9.15. The summed E-state index contributed by atoms with van der Waals surface area (Å²) in [5.74, 6) is -0.573. The van der Waals surface area contributed by atoms with Gasteiger partial charge in [0.1, 0.15) is 5.75 Å². The van der Waals surface area contributed by atoms with E-state index in [1.807, 2.05) is 18.2 Å². The van der Waals surface area contributed by atoms with Crippen molar-refractivity contribution in [3.63, 3.8) is 0 Å². The minimum absolute atomic E-state index is 0.00240. The number of halogens is 3. The van der Waals surface area contributed by atoms with Gasteiger partial charge >= 0.3 is 12.4 Å². The Bertz CT molecular complexity index is 1090. The van der Waals surface area contributed by atoms with Gasteiger partial charge in [-0.2, -0.15) is 5.26 Å². The fraction of sp³-hybridized carbons (Fsp3) is 0.444. The highest BCUT2D eigenvalue weighted by atomic mass is 19.4. The minimum atomic E-state index is -4.77. The van der Waals surface area contributed by atoms with E-state index in [1.165, 1.54) is 12.1 Å². The van der Waals surface area contributed by atoms with Gasteiger partial charge in [-0.3, -0.25) is 4.79 Å². The fourth-order valence-electron chi connectivity index (χ4n) is 5.09. The summed E-state index contributed by atoms with van der Waals surface area (Å²) in [7, 11) is 0. The molecule has 0 spiro atoms. The summed E-state index contributed by atoms with van der Waals surface area (Å²) >= 11 is 0.